The summed E-state index contributed by atoms with van der Waals surface area (Å²) in [6.45, 7) is 8.72. The minimum absolute atomic E-state index is 0.0491. The molecular formula is C18H28N2O4. The summed E-state index contributed by atoms with van der Waals surface area (Å²) in [5.41, 5.74) is 0.428. The van der Waals surface area contributed by atoms with Gasteiger partial charge in [0.25, 0.3) is 5.91 Å². The molecule has 0 atom stereocenters. The molecule has 0 spiro atoms. The molecule has 2 N–H and O–H groups in total. The van der Waals surface area contributed by atoms with E-state index in [1.54, 1.807) is 18.2 Å². The van der Waals surface area contributed by atoms with Crippen molar-refractivity contribution in [3.63, 3.8) is 0 Å². The lowest BCUT2D eigenvalue weighted by molar-refractivity contribution is -0.120. The molecule has 0 aromatic heterocycles. The van der Waals surface area contributed by atoms with Crippen molar-refractivity contribution in [2.75, 3.05) is 19.8 Å². The van der Waals surface area contributed by atoms with Gasteiger partial charge in [-0.2, -0.15) is 0 Å². The molecule has 2 amide bonds. The highest BCUT2D eigenvalue weighted by Gasteiger charge is 2.13. The molecule has 6 heteroatoms. The topological polar surface area (TPSA) is 76.7 Å². The van der Waals surface area contributed by atoms with Gasteiger partial charge in [-0.25, -0.2) is 0 Å². The van der Waals surface area contributed by atoms with E-state index in [0.29, 0.717) is 30.3 Å². The van der Waals surface area contributed by atoms with E-state index in [4.69, 9.17) is 9.47 Å². The van der Waals surface area contributed by atoms with E-state index in [2.05, 4.69) is 10.6 Å². The summed E-state index contributed by atoms with van der Waals surface area (Å²) < 4.78 is 11.0. The molecule has 0 heterocycles. The zero-order chi connectivity index (χ0) is 17.9. The number of hydrogen-bond donors (Lipinski definition) is 2. The van der Waals surface area contributed by atoms with Crippen LogP contribution in [0.4, 0.5) is 0 Å². The number of carbonyl (C=O) groups excluding carboxylic acids is 2. The van der Waals surface area contributed by atoms with E-state index >= 15 is 0 Å². The fourth-order valence-corrected chi connectivity index (χ4v) is 2.23. The van der Waals surface area contributed by atoms with Crippen LogP contribution in [0.2, 0.25) is 0 Å². The first-order valence-electron chi connectivity index (χ1n) is 8.52. The predicted molar refractivity (Wildman–Crippen MR) is 93.6 cm³/mol. The number of ether oxygens (including phenoxy) is 2. The summed E-state index contributed by atoms with van der Waals surface area (Å²) >= 11 is 0. The zero-order valence-corrected chi connectivity index (χ0v) is 15.0. The van der Waals surface area contributed by atoms with Crippen molar-refractivity contribution in [2.45, 2.75) is 46.6 Å². The Kier molecular flexibility index (Phi) is 8.68. The first kappa shape index (κ1) is 19.8. The molecule has 1 rings (SSSR count). The van der Waals surface area contributed by atoms with Gasteiger partial charge in [0.15, 0.2) is 11.5 Å². The minimum Gasteiger partial charge on any atom is -0.490 e. The van der Waals surface area contributed by atoms with E-state index in [1.165, 1.54) is 0 Å². The van der Waals surface area contributed by atoms with Gasteiger partial charge in [-0.3, -0.25) is 9.59 Å². The van der Waals surface area contributed by atoms with Crippen LogP contribution in [0.1, 0.15) is 50.9 Å². The van der Waals surface area contributed by atoms with Gasteiger partial charge >= 0.3 is 0 Å². The third-order valence-electron chi connectivity index (χ3n) is 3.57. The van der Waals surface area contributed by atoms with Gasteiger partial charge in [0.1, 0.15) is 0 Å². The fraction of sp³-hybridized carbons (Fsp3) is 0.556. The third kappa shape index (κ3) is 6.10. The van der Waals surface area contributed by atoms with Gasteiger partial charge in [0.2, 0.25) is 5.91 Å². The van der Waals surface area contributed by atoms with Crippen LogP contribution in [-0.4, -0.2) is 37.6 Å². The Labute approximate surface area is 143 Å². The van der Waals surface area contributed by atoms with Crippen molar-refractivity contribution >= 4 is 11.8 Å². The van der Waals surface area contributed by atoms with E-state index in [1.807, 2.05) is 27.7 Å². The van der Waals surface area contributed by atoms with Crippen LogP contribution in [-0.2, 0) is 4.79 Å². The lowest BCUT2D eigenvalue weighted by atomic mass is 10.1. The number of carbonyl (C=O) groups is 2. The van der Waals surface area contributed by atoms with Crippen LogP contribution >= 0.6 is 0 Å². The van der Waals surface area contributed by atoms with Crippen molar-refractivity contribution in [1.82, 2.24) is 10.6 Å². The lowest BCUT2D eigenvalue weighted by Crippen LogP contribution is -2.41. The van der Waals surface area contributed by atoms with Crippen LogP contribution in [0.15, 0.2) is 18.2 Å². The van der Waals surface area contributed by atoms with Crippen LogP contribution in [0.25, 0.3) is 0 Å². The number of nitrogens with one attached hydrogen (secondary N) is 2. The fourth-order valence-electron chi connectivity index (χ4n) is 2.23. The van der Waals surface area contributed by atoms with Gasteiger partial charge in [-0.05, 0) is 44.9 Å². The molecule has 1 aromatic rings. The average Bonchev–Trinajstić information content (AvgIpc) is 2.59. The molecule has 1 aromatic carbocycles. The molecule has 0 unspecified atom stereocenters. The quantitative estimate of drug-likeness (QED) is 0.688. The maximum atomic E-state index is 12.2. The number of rotatable bonds is 10. The van der Waals surface area contributed by atoms with Crippen molar-refractivity contribution in [2.24, 2.45) is 0 Å². The second kappa shape index (κ2) is 10.5. The summed E-state index contributed by atoms with van der Waals surface area (Å²) in [5, 5.41) is 5.51. The molecule has 0 bridgehead atoms. The van der Waals surface area contributed by atoms with Crippen molar-refractivity contribution < 1.29 is 19.1 Å². The van der Waals surface area contributed by atoms with Gasteiger partial charge in [0.05, 0.1) is 19.8 Å². The smallest absolute Gasteiger partial charge is 0.251 e. The Balaban J connectivity index is 2.67. The van der Waals surface area contributed by atoms with Crippen molar-refractivity contribution in [3.8, 4) is 11.5 Å². The highest BCUT2D eigenvalue weighted by Crippen LogP contribution is 2.28. The third-order valence-corrected chi connectivity index (χ3v) is 3.57. The molecule has 0 aliphatic heterocycles. The molecule has 0 aliphatic carbocycles. The second-order valence-corrected chi connectivity index (χ2v) is 5.29. The molecule has 0 radical (unpaired) electrons. The minimum atomic E-state index is -0.321. The lowest BCUT2D eigenvalue weighted by Gasteiger charge is -2.15. The molecule has 6 nitrogen and oxygen atoms in total. The Morgan fingerprint density at radius 3 is 2.21 bits per heavy atom. The number of benzene rings is 1. The first-order valence-corrected chi connectivity index (χ1v) is 8.52. The first-order chi connectivity index (χ1) is 11.5. The molecule has 0 fully saturated rings. The molecule has 0 saturated heterocycles. The highest BCUT2D eigenvalue weighted by atomic mass is 16.5. The summed E-state index contributed by atoms with van der Waals surface area (Å²) in [4.78, 5) is 24.1. The SMILES string of the molecule is CCOc1ccc(C(=O)NCC(=O)NC(CC)CC)cc1OCC. The van der Waals surface area contributed by atoms with Crippen LogP contribution < -0.4 is 20.1 Å². The largest absolute Gasteiger partial charge is 0.490 e. The van der Waals surface area contributed by atoms with Crippen LogP contribution in [0.5, 0.6) is 11.5 Å². The van der Waals surface area contributed by atoms with E-state index in [-0.39, 0.29) is 24.4 Å². The molecule has 0 aliphatic rings. The number of amides is 2. The summed E-state index contributed by atoms with van der Waals surface area (Å²) in [6.07, 6.45) is 1.74. The van der Waals surface area contributed by atoms with Gasteiger partial charge in [-0.15, -0.1) is 0 Å². The van der Waals surface area contributed by atoms with Crippen molar-refractivity contribution in [3.05, 3.63) is 23.8 Å². The Morgan fingerprint density at radius 2 is 1.62 bits per heavy atom. The molecule has 0 saturated carbocycles. The van der Waals surface area contributed by atoms with E-state index < -0.39 is 0 Å². The van der Waals surface area contributed by atoms with Crippen LogP contribution in [0.3, 0.4) is 0 Å². The predicted octanol–water partition coefficient (Wildman–Crippen LogP) is 2.52. The molecular weight excluding hydrogens is 308 g/mol. The molecule has 24 heavy (non-hydrogen) atoms. The highest BCUT2D eigenvalue weighted by molar-refractivity contribution is 5.97. The summed E-state index contributed by atoms with van der Waals surface area (Å²) in [5.74, 6) is 0.613. The van der Waals surface area contributed by atoms with Gasteiger partial charge in [-0.1, -0.05) is 13.8 Å². The van der Waals surface area contributed by atoms with Gasteiger partial charge < -0.3 is 20.1 Å². The maximum absolute atomic E-state index is 12.2. The number of hydrogen-bond acceptors (Lipinski definition) is 4. The Hall–Kier alpha value is -2.24. The van der Waals surface area contributed by atoms with Crippen LogP contribution in [0, 0.1) is 0 Å². The van der Waals surface area contributed by atoms with Gasteiger partial charge in [0, 0.05) is 11.6 Å². The normalized spacial score (nSPS) is 10.4. The molecule has 134 valence electrons. The maximum Gasteiger partial charge on any atom is 0.251 e. The Morgan fingerprint density at radius 1 is 1.00 bits per heavy atom. The summed E-state index contributed by atoms with van der Waals surface area (Å²) in [6, 6.07) is 5.13. The van der Waals surface area contributed by atoms with E-state index in [9.17, 15) is 9.59 Å². The monoisotopic (exact) mass is 336 g/mol. The van der Waals surface area contributed by atoms with Crippen molar-refractivity contribution in [1.29, 1.82) is 0 Å². The average molecular weight is 336 g/mol. The Bertz CT molecular complexity index is 542. The van der Waals surface area contributed by atoms with E-state index in [0.717, 1.165) is 12.8 Å². The second-order valence-electron chi connectivity index (χ2n) is 5.29. The standard InChI is InChI=1S/C18H28N2O4/c1-5-14(6-2)20-17(21)12-19-18(22)13-9-10-15(23-7-3)16(11-13)24-8-4/h9-11,14H,5-8,12H2,1-4H3,(H,19,22)(H,20,21). The summed E-state index contributed by atoms with van der Waals surface area (Å²) in [7, 11) is 0. The zero-order valence-electron chi connectivity index (χ0n) is 15.0.